The van der Waals surface area contributed by atoms with Crippen LogP contribution in [0.3, 0.4) is 0 Å². The van der Waals surface area contributed by atoms with Gasteiger partial charge >= 0.3 is 11.9 Å². The molecule has 0 aliphatic carbocycles. The first-order chi connectivity index (χ1) is 15.0. The number of methoxy groups -OCH3 is 2. The molecule has 3 rings (SSSR count). The first kappa shape index (κ1) is 21.9. The predicted octanol–water partition coefficient (Wildman–Crippen LogP) is 3.51. The van der Waals surface area contributed by atoms with Crippen molar-refractivity contribution in [2.75, 3.05) is 27.4 Å². The fourth-order valence-corrected chi connectivity index (χ4v) is 3.42. The molecule has 0 atom stereocenters. The normalized spacial score (nSPS) is 10.6. The molecule has 0 unspecified atom stereocenters. The van der Waals surface area contributed by atoms with Crippen molar-refractivity contribution in [2.45, 2.75) is 13.8 Å². The summed E-state index contributed by atoms with van der Waals surface area (Å²) in [5.41, 5.74) is 0.325. The Labute approximate surface area is 179 Å². The van der Waals surface area contributed by atoms with Crippen LogP contribution in [0.15, 0.2) is 42.6 Å². The molecule has 0 amide bonds. The first-order valence-corrected chi connectivity index (χ1v) is 9.72. The zero-order valence-corrected chi connectivity index (χ0v) is 17.8. The van der Waals surface area contributed by atoms with E-state index in [-0.39, 0.29) is 22.4 Å². The van der Waals surface area contributed by atoms with E-state index in [2.05, 4.69) is 0 Å². The van der Waals surface area contributed by atoms with Crippen molar-refractivity contribution in [1.82, 2.24) is 0 Å². The second-order valence-corrected chi connectivity index (χ2v) is 6.46. The Bertz CT molecular complexity index is 1140. The molecule has 2 aromatic carbocycles. The number of pyridine rings is 1. The Hall–Kier alpha value is -3.81. The third kappa shape index (κ3) is 4.09. The smallest absolute Gasteiger partial charge is 0.339 e. The van der Waals surface area contributed by atoms with Crippen molar-refractivity contribution in [3.8, 4) is 22.8 Å². The minimum Gasteiger partial charge on any atom is -0.618 e. The number of esters is 2. The molecule has 0 N–H and O–H groups in total. The molecule has 0 spiro atoms. The van der Waals surface area contributed by atoms with Gasteiger partial charge in [-0.05, 0) is 43.5 Å². The van der Waals surface area contributed by atoms with Gasteiger partial charge in [-0.3, -0.25) is 0 Å². The summed E-state index contributed by atoms with van der Waals surface area (Å²) in [6.45, 7) is 4.47. The monoisotopic (exact) mass is 425 g/mol. The van der Waals surface area contributed by atoms with Crippen LogP contribution in [0, 0.1) is 5.21 Å². The molecule has 8 heteroatoms. The molecule has 162 valence electrons. The number of benzene rings is 2. The van der Waals surface area contributed by atoms with Gasteiger partial charge in [0.2, 0.25) is 5.69 Å². The third-order valence-corrected chi connectivity index (χ3v) is 4.68. The summed E-state index contributed by atoms with van der Waals surface area (Å²) in [7, 11) is 2.42. The topological polar surface area (TPSA) is 98.0 Å². The summed E-state index contributed by atoms with van der Waals surface area (Å²) in [5, 5.41) is 13.7. The van der Waals surface area contributed by atoms with Crippen molar-refractivity contribution in [1.29, 1.82) is 0 Å². The van der Waals surface area contributed by atoms with Gasteiger partial charge in [-0.25, -0.2) is 9.59 Å². The van der Waals surface area contributed by atoms with Crippen molar-refractivity contribution in [3.05, 3.63) is 58.9 Å². The molecule has 1 heterocycles. The summed E-state index contributed by atoms with van der Waals surface area (Å²) in [4.78, 5) is 25.4. The number of fused-ring (bicyclic) bond motifs is 1. The van der Waals surface area contributed by atoms with Gasteiger partial charge in [0.1, 0.15) is 0 Å². The van der Waals surface area contributed by atoms with Crippen molar-refractivity contribution in [3.63, 3.8) is 0 Å². The van der Waals surface area contributed by atoms with E-state index in [1.165, 1.54) is 26.5 Å². The minimum absolute atomic E-state index is 0.0210. The largest absolute Gasteiger partial charge is 0.618 e. The van der Waals surface area contributed by atoms with E-state index in [1.807, 2.05) is 13.8 Å². The van der Waals surface area contributed by atoms with Crippen LogP contribution in [0.25, 0.3) is 22.0 Å². The van der Waals surface area contributed by atoms with Gasteiger partial charge in [-0.2, -0.15) is 4.73 Å². The lowest BCUT2D eigenvalue weighted by molar-refractivity contribution is -0.593. The van der Waals surface area contributed by atoms with Crippen LogP contribution >= 0.6 is 0 Å². The molecular formula is C23H23NO7. The Kier molecular flexibility index (Phi) is 6.59. The molecule has 8 nitrogen and oxygen atoms in total. The predicted molar refractivity (Wildman–Crippen MR) is 113 cm³/mol. The average molecular weight is 425 g/mol. The SMILES string of the molecule is CCOc1cc2cc(C(=O)OC)c(C(=O)OC)c(-c3cccc[n+]3[O-])c2cc1OCC. The maximum Gasteiger partial charge on any atom is 0.339 e. The minimum atomic E-state index is -0.770. The number of carbonyl (C=O) groups excluding carboxylic acids is 2. The first-order valence-electron chi connectivity index (χ1n) is 9.72. The van der Waals surface area contributed by atoms with E-state index >= 15 is 0 Å². The van der Waals surface area contributed by atoms with Crippen molar-refractivity contribution in [2.24, 2.45) is 0 Å². The Morgan fingerprint density at radius 3 is 2.16 bits per heavy atom. The van der Waals surface area contributed by atoms with E-state index < -0.39 is 11.9 Å². The molecule has 1 aromatic heterocycles. The number of hydrogen-bond acceptors (Lipinski definition) is 7. The lowest BCUT2D eigenvalue weighted by Gasteiger charge is -2.18. The number of rotatable bonds is 7. The summed E-state index contributed by atoms with van der Waals surface area (Å²) in [6, 6.07) is 9.72. The molecule has 0 bridgehead atoms. The molecular weight excluding hydrogens is 402 g/mol. The standard InChI is InChI=1S/C23H23NO7/c1-5-30-18-12-14-11-16(22(25)28-3)21(23(26)29-4)20(15(14)13-19(18)31-6-2)17-9-7-8-10-24(17)27/h7-13H,5-6H2,1-4H3. The van der Waals surface area contributed by atoms with Gasteiger partial charge in [-0.1, -0.05) is 0 Å². The molecule has 3 aromatic rings. The van der Waals surface area contributed by atoms with E-state index in [0.717, 1.165) is 0 Å². The Morgan fingerprint density at radius 2 is 1.58 bits per heavy atom. The molecule has 0 fully saturated rings. The van der Waals surface area contributed by atoms with Crippen molar-refractivity contribution < 1.29 is 33.3 Å². The zero-order chi connectivity index (χ0) is 22.5. The highest BCUT2D eigenvalue weighted by atomic mass is 16.5. The number of hydrogen-bond donors (Lipinski definition) is 0. The van der Waals surface area contributed by atoms with Crippen LogP contribution in [-0.2, 0) is 9.47 Å². The van der Waals surface area contributed by atoms with Gasteiger partial charge in [0.15, 0.2) is 17.7 Å². The molecule has 0 aliphatic rings. The Morgan fingerprint density at radius 1 is 0.935 bits per heavy atom. The number of aromatic nitrogens is 1. The van der Waals surface area contributed by atoms with E-state index in [1.54, 1.807) is 30.3 Å². The maximum absolute atomic E-state index is 12.8. The van der Waals surface area contributed by atoms with E-state index in [9.17, 15) is 14.8 Å². The lowest BCUT2D eigenvalue weighted by Crippen LogP contribution is -2.29. The van der Waals surface area contributed by atoms with Crippen LogP contribution < -0.4 is 14.2 Å². The second-order valence-electron chi connectivity index (χ2n) is 6.46. The van der Waals surface area contributed by atoms with Crippen LogP contribution in [0.5, 0.6) is 11.5 Å². The highest BCUT2D eigenvalue weighted by Gasteiger charge is 2.30. The second kappa shape index (κ2) is 9.34. The molecule has 0 saturated carbocycles. The summed E-state index contributed by atoms with van der Waals surface area (Å²) in [6.07, 6.45) is 1.31. The highest BCUT2D eigenvalue weighted by Crippen LogP contribution is 2.40. The van der Waals surface area contributed by atoms with Gasteiger partial charge in [0.25, 0.3) is 0 Å². The Balaban J connectivity index is 2.54. The number of carbonyl (C=O) groups is 2. The van der Waals surface area contributed by atoms with Crippen molar-refractivity contribution >= 4 is 22.7 Å². The highest BCUT2D eigenvalue weighted by molar-refractivity contribution is 6.15. The van der Waals surface area contributed by atoms with Crippen LogP contribution in [0.4, 0.5) is 0 Å². The zero-order valence-electron chi connectivity index (χ0n) is 17.8. The fraction of sp³-hybridized carbons (Fsp3) is 0.261. The summed E-state index contributed by atoms with van der Waals surface area (Å²) in [5.74, 6) is -0.572. The lowest BCUT2D eigenvalue weighted by atomic mass is 9.91. The average Bonchev–Trinajstić information content (AvgIpc) is 2.78. The van der Waals surface area contributed by atoms with Gasteiger partial charge in [-0.15, -0.1) is 0 Å². The van der Waals surface area contributed by atoms with E-state index in [0.29, 0.717) is 40.2 Å². The van der Waals surface area contributed by atoms with Crippen LogP contribution in [0.2, 0.25) is 0 Å². The quantitative estimate of drug-likeness (QED) is 0.325. The molecule has 0 aliphatic heterocycles. The number of ether oxygens (including phenoxy) is 4. The van der Waals surface area contributed by atoms with E-state index in [4.69, 9.17) is 18.9 Å². The summed E-state index contributed by atoms with van der Waals surface area (Å²) < 4.78 is 21.9. The van der Waals surface area contributed by atoms with Crippen LogP contribution in [-0.4, -0.2) is 39.4 Å². The van der Waals surface area contributed by atoms with Gasteiger partial charge in [0.05, 0.1) is 44.1 Å². The molecule has 31 heavy (non-hydrogen) atoms. The molecule has 0 radical (unpaired) electrons. The molecule has 0 saturated heterocycles. The van der Waals surface area contributed by atoms with Crippen LogP contribution in [0.1, 0.15) is 34.6 Å². The third-order valence-electron chi connectivity index (χ3n) is 4.68. The van der Waals surface area contributed by atoms with Gasteiger partial charge < -0.3 is 24.2 Å². The number of nitrogens with zero attached hydrogens (tertiary/aromatic N) is 1. The summed E-state index contributed by atoms with van der Waals surface area (Å²) >= 11 is 0. The maximum atomic E-state index is 12.8. The fourth-order valence-electron chi connectivity index (χ4n) is 3.42. The van der Waals surface area contributed by atoms with Gasteiger partial charge in [0, 0.05) is 17.5 Å².